The fourth-order valence-corrected chi connectivity index (χ4v) is 4.87. The van der Waals surface area contributed by atoms with E-state index in [1.54, 1.807) is 21.3 Å². The van der Waals surface area contributed by atoms with Gasteiger partial charge in [-0.05, 0) is 12.8 Å². The molecule has 1 rings (SSSR count). The number of rotatable bonds is 4. The molecule has 0 spiro atoms. The zero-order chi connectivity index (χ0) is 10.7. The third-order valence-electron chi connectivity index (χ3n) is 3.06. The van der Waals surface area contributed by atoms with Gasteiger partial charge in [0.2, 0.25) is 0 Å². The lowest BCUT2D eigenvalue weighted by atomic mass is 9.97. The molecule has 1 saturated carbocycles. The highest BCUT2D eigenvalue weighted by Crippen LogP contribution is 2.36. The van der Waals surface area contributed by atoms with Gasteiger partial charge >= 0.3 is 8.80 Å². The van der Waals surface area contributed by atoms with E-state index in [2.05, 4.69) is 0 Å². The molecule has 1 N–H and O–H groups in total. The lowest BCUT2D eigenvalue weighted by Crippen LogP contribution is -2.64. The molecule has 0 unspecified atom stereocenters. The van der Waals surface area contributed by atoms with Gasteiger partial charge in [-0.3, -0.25) is 0 Å². The number of aliphatic hydroxyl groups is 1. The largest absolute Gasteiger partial charge is 0.533 e. The highest BCUT2D eigenvalue weighted by Gasteiger charge is 2.59. The molecule has 0 aromatic carbocycles. The summed E-state index contributed by atoms with van der Waals surface area (Å²) in [6.45, 7) is 0. The van der Waals surface area contributed by atoms with E-state index in [0.717, 1.165) is 25.7 Å². The van der Waals surface area contributed by atoms with Gasteiger partial charge in [-0.1, -0.05) is 19.3 Å². The molecule has 0 atom stereocenters. The molecule has 0 amide bonds. The summed E-state index contributed by atoms with van der Waals surface area (Å²) in [5, 5.41) is 9.58. The third-order valence-corrected chi connectivity index (χ3v) is 6.31. The molecule has 0 saturated heterocycles. The Kier molecular flexibility index (Phi) is 4.09. The van der Waals surface area contributed by atoms with Crippen LogP contribution in [-0.2, 0) is 13.3 Å². The first kappa shape index (κ1) is 12.1. The molecular weight excluding hydrogens is 200 g/mol. The van der Waals surface area contributed by atoms with Crippen LogP contribution in [0.1, 0.15) is 32.1 Å². The minimum absolute atomic E-state index is 0.717. The summed E-state index contributed by atoms with van der Waals surface area (Å²) in [6, 6.07) is 0. The Labute approximate surface area is 86.5 Å². The van der Waals surface area contributed by atoms with Crippen LogP contribution < -0.4 is 0 Å². The molecular formula is C9H20O4Si. The minimum atomic E-state index is -2.89. The van der Waals surface area contributed by atoms with Crippen LogP contribution in [0, 0.1) is 0 Å². The van der Waals surface area contributed by atoms with E-state index < -0.39 is 14.0 Å². The molecule has 1 aliphatic rings. The van der Waals surface area contributed by atoms with Crippen molar-refractivity contribution in [2.45, 2.75) is 37.3 Å². The van der Waals surface area contributed by atoms with Crippen molar-refractivity contribution in [1.82, 2.24) is 0 Å². The molecule has 0 heterocycles. The van der Waals surface area contributed by atoms with E-state index in [9.17, 15) is 5.11 Å². The summed E-state index contributed by atoms with van der Waals surface area (Å²) < 4.78 is 16.0. The predicted octanol–water partition coefficient (Wildman–Crippen LogP) is 1.10. The fraction of sp³-hybridized carbons (Fsp3) is 1.00. The SMILES string of the molecule is CO[Si](OC)(OC)C1(O)CCCCC1. The Morgan fingerprint density at radius 2 is 1.36 bits per heavy atom. The van der Waals surface area contributed by atoms with Gasteiger partial charge in [0.05, 0.1) is 0 Å². The van der Waals surface area contributed by atoms with Crippen LogP contribution >= 0.6 is 0 Å². The normalized spacial score (nSPS) is 22.3. The second kappa shape index (κ2) is 4.72. The predicted molar refractivity (Wildman–Crippen MR) is 54.8 cm³/mol. The summed E-state index contributed by atoms with van der Waals surface area (Å²) in [7, 11) is 1.76. The first-order valence-corrected chi connectivity index (χ1v) is 6.74. The van der Waals surface area contributed by atoms with E-state index in [4.69, 9.17) is 13.3 Å². The molecule has 1 aliphatic carbocycles. The Balaban J connectivity index is 2.83. The Morgan fingerprint density at radius 1 is 0.929 bits per heavy atom. The maximum absolute atomic E-state index is 10.5. The van der Waals surface area contributed by atoms with Crippen LogP contribution in [0.2, 0.25) is 0 Å². The summed E-state index contributed by atoms with van der Waals surface area (Å²) in [4.78, 5) is 0. The van der Waals surface area contributed by atoms with Gasteiger partial charge < -0.3 is 18.4 Å². The minimum Gasteiger partial charge on any atom is -0.385 e. The highest BCUT2D eigenvalue weighted by molar-refractivity contribution is 6.63. The lowest BCUT2D eigenvalue weighted by Gasteiger charge is -2.41. The van der Waals surface area contributed by atoms with Crippen molar-refractivity contribution in [3.63, 3.8) is 0 Å². The van der Waals surface area contributed by atoms with Crippen LogP contribution in [0.15, 0.2) is 0 Å². The monoisotopic (exact) mass is 220 g/mol. The van der Waals surface area contributed by atoms with Gasteiger partial charge in [-0.2, -0.15) is 0 Å². The molecule has 0 bridgehead atoms. The van der Waals surface area contributed by atoms with Crippen LogP contribution in [0.5, 0.6) is 0 Å². The van der Waals surface area contributed by atoms with E-state index in [-0.39, 0.29) is 0 Å². The number of hydrogen-bond acceptors (Lipinski definition) is 4. The van der Waals surface area contributed by atoms with Crippen molar-refractivity contribution in [3.8, 4) is 0 Å². The Bertz CT molecular complexity index is 167. The van der Waals surface area contributed by atoms with Gasteiger partial charge in [0, 0.05) is 21.3 Å². The molecule has 0 radical (unpaired) electrons. The Hall–Kier alpha value is 0.0569. The van der Waals surface area contributed by atoms with Crippen LogP contribution in [0.25, 0.3) is 0 Å². The zero-order valence-corrected chi connectivity index (χ0v) is 10.2. The standard InChI is InChI=1S/C9H20O4Si/c1-11-14(12-2,13-3)9(10)7-5-4-6-8-9/h10H,4-8H2,1-3H3. The first-order chi connectivity index (χ1) is 6.64. The second-order valence-electron chi connectivity index (χ2n) is 3.76. The highest BCUT2D eigenvalue weighted by atomic mass is 28.4. The van der Waals surface area contributed by atoms with Crippen LogP contribution in [0.3, 0.4) is 0 Å². The van der Waals surface area contributed by atoms with Crippen LogP contribution in [-0.4, -0.2) is 40.5 Å². The summed E-state index contributed by atoms with van der Waals surface area (Å²) in [5.41, 5.74) is 0. The zero-order valence-electron chi connectivity index (χ0n) is 9.21. The van der Waals surface area contributed by atoms with Crippen LogP contribution in [0.4, 0.5) is 0 Å². The maximum Gasteiger partial charge on any atom is 0.533 e. The molecule has 4 nitrogen and oxygen atoms in total. The summed E-state index contributed by atoms with van der Waals surface area (Å²) >= 11 is 0. The second-order valence-corrected chi connectivity index (χ2v) is 7.03. The van der Waals surface area contributed by atoms with Crippen molar-refractivity contribution in [2.24, 2.45) is 0 Å². The van der Waals surface area contributed by atoms with E-state index >= 15 is 0 Å². The molecule has 14 heavy (non-hydrogen) atoms. The van der Waals surface area contributed by atoms with Crippen molar-refractivity contribution >= 4 is 8.80 Å². The molecule has 0 aromatic rings. The maximum atomic E-state index is 10.5. The van der Waals surface area contributed by atoms with Crippen molar-refractivity contribution < 1.29 is 18.4 Å². The quantitative estimate of drug-likeness (QED) is 0.721. The smallest absolute Gasteiger partial charge is 0.385 e. The number of hydrogen-bond donors (Lipinski definition) is 1. The molecule has 84 valence electrons. The van der Waals surface area contributed by atoms with Gasteiger partial charge in [0.15, 0.2) is 0 Å². The first-order valence-electron chi connectivity index (χ1n) is 5.02. The fourth-order valence-electron chi connectivity index (χ4n) is 2.26. The van der Waals surface area contributed by atoms with Gasteiger partial charge in [0.25, 0.3) is 0 Å². The van der Waals surface area contributed by atoms with Gasteiger partial charge in [0.1, 0.15) is 5.22 Å². The summed E-state index contributed by atoms with van der Waals surface area (Å²) in [6.07, 6.45) is 4.63. The van der Waals surface area contributed by atoms with Crippen molar-refractivity contribution in [3.05, 3.63) is 0 Å². The Morgan fingerprint density at radius 3 is 1.71 bits per heavy atom. The molecule has 1 fully saturated rings. The van der Waals surface area contributed by atoms with E-state index in [0.29, 0.717) is 0 Å². The topological polar surface area (TPSA) is 47.9 Å². The average molecular weight is 220 g/mol. The van der Waals surface area contributed by atoms with Gasteiger partial charge in [-0.25, -0.2) is 0 Å². The lowest BCUT2D eigenvalue weighted by molar-refractivity contribution is -0.0257. The molecule has 0 aromatic heterocycles. The van der Waals surface area contributed by atoms with Crippen molar-refractivity contribution in [1.29, 1.82) is 0 Å². The molecule has 0 aliphatic heterocycles. The third kappa shape index (κ3) is 1.87. The van der Waals surface area contributed by atoms with Crippen molar-refractivity contribution in [2.75, 3.05) is 21.3 Å². The van der Waals surface area contributed by atoms with E-state index in [1.807, 2.05) is 0 Å². The van der Waals surface area contributed by atoms with E-state index in [1.165, 1.54) is 6.42 Å². The van der Waals surface area contributed by atoms with Gasteiger partial charge in [-0.15, -0.1) is 0 Å². The average Bonchev–Trinajstić information content (AvgIpc) is 2.22. The summed E-state index contributed by atoms with van der Waals surface area (Å²) in [5.74, 6) is 0. The molecule has 5 heteroatoms.